The summed E-state index contributed by atoms with van der Waals surface area (Å²) in [5.74, 6) is -2.12. The Morgan fingerprint density at radius 2 is 1.97 bits per heavy atom. The minimum absolute atomic E-state index is 0.110. The Hall–Kier alpha value is -3.53. The van der Waals surface area contributed by atoms with Crippen molar-refractivity contribution in [3.05, 3.63) is 42.1 Å². The van der Waals surface area contributed by atoms with E-state index in [9.17, 15) is 18.8 Å². The van der Waals surface area contributed by atoms with E-state index in [1.165, 1.54) is 4.90 Å². The van der Waals surface area contributed by atoms with Crippen molar-refractivity contribution in [1.82, 2.24) is 9.88 Å². The molecule has 2 fully saturated rings. The van der Waals surface area contributed by atoms with E-state index >= 15 is 0 Å². The average molecular weight is 471 g/mol. The number of aryl methyl sites for hydroxylation is 1. The van der Waals surface area contributed by atoms with Crippen molar-refractivity contribution in [3.63, 3.8) is 0 Å². The van der Waals surface area contributed by atoms with E-state index in [0.29, 0.717) is 31.0 Å². The Morgan fingerprint density at radius 3 is 2.62 bits per heavy atom. The lowest BCUT2D eigenvalue weighted by molar-refractivity contribution is -0.140. The number of nitrogens with zero attached hydrogens (tertiary/aromatic N) is 2. The Balaban J connectivity index is 1.40. The molecule has 9 nitrogen and oxygen atoms in total. The molecule has 4 atom stereocenters. The van der Waals surface area contributed by atoms with E-state index < -0.39 is 42.6 Å². The molecule has 34 heavy (non-hydrogen) atoms. The number of likely N-dealkylation sites (tertiary alicyclic amines) is 1. The number of carbonyl (C=O) groups is 3. The Bertz CT molecular complexity index is 1110. The molecule has 1 aliphatic carbocycles. The summed E-state index contributed by atoms with van der Waals surface area (Å²) in [6, 6.07) is 8.95. The first-order valence-electron chi connectivity index (χ1n) is 11.1. The van der Waals surface area contributed by atoms with Crippen molar-refractivity contribution >= 4 is 23.6 Å². The third kappa shape index (κ3) is 5.17. The number of halogens is 1. The second-order valence-corrected chi connectivity index (χ2v) is 8.65. The minimum atomic E-state index is -1.36. The van der Waals surface area contributed by atoms with Crippen LogP contribution in [0.25, 0.3) is 11.1 Å². The van der Waals surface area contributed by atoms with Crippen LogP contribution in [0.5, 0.6) is 5.75 Å². The van der Waals surface area contributed by atoms with Gasteiger partial charge in [-0.05, 0) is 54.3 Å². The molecule has 1 aromatic carbocycles. The standard InChI is InChI=1S/C24H26FN3O6/c1-13-8-14(2-3-19(13)34-20-5-7-28(11-18(20)25)22(30)12-29)15-4-6-26-21(9-15)27-23(31)16-10-17(16)24(32)33/h2-4,6,8-9,16-18,20,29H,5,7,10-12H2,1H3,(H,32,33)(H,26,27,31)/t16-,17-,18-,20+/m1/s1. The van der Waals surface area contributed by atoms with Gasteiger partial charge in [-0.15, -0.1) is 0 Å². The van der Waals surface area contributed by atoms with Crippen molar-refractivity contribution in [2.75, 3.05) is 25.0 Å². The number of ether oxygens (including phenoxy) is 1. The molecule has 10 heteroatoms. The van der Waals surface area contributed by atoms with E-state index in [4.69, 9.17) is 14.9 Å². The SMILES string of the molecule is Cc1cc(-c2ccnc(NC(=O)[C@@H]3C[C@H]3C(=O)O)c2)ccc1O[C@H]1CCN(C(=O)CO)C[C@H]1F. The molecule has 0 bridgehead atoms. The van der Waals surface area contributed by atoms with Gasteiger partial charge in [0.15, 0.2) is 6.17 Å². The Morgan fingerprint density at radius 1 is 1.21 bits per heavy atom. The van der Waals surface area contributed by atoms with Crippen molar-refractivity contribution in [2.45, 2.75) is 32.0 Å². The number of aliphatic carboxylic acids is 1. The molecule has 180 valence electrons. The van der Waals surface area contributed by atoms with Gasteiger partial charge in [0.25, 0.3) is 0 Å². The van der Waals surface area contributed by atoms with Crippen LogP contribution in [-0.2, 0) is 14.4 Å². The fourth-order valence-electron chi connectivity index (χ4n) is 4.12. The number of piperidine rings is 1. The van der Waals surface area contributed by atoms with Gasteiger partial charge in [0.1, 0.15) is 24.3 Å². The van der Waals surface area contributed by atoms with Gasteiger partial charge in [0, 0.05) is 19.2 Å². The van der Waals surface area contributed by atoms with Crippen LogP contribution < -0.4 is 10.1 Å². The van der Waals surface area contributed by atoms with Gasteiger partial charge in [0.2, 0.25) is 11.8 Å². The molecular weight excluding hydrogens is 445 g/mol. The highest BCUT2D eigenvalue weighted by atomic mass is 19.1. The summed E-state index contributed by atoms with van der Waals surface area (Å²) in [6.45, 7) is 1.42. The number of carboxylic acids is 1. The van der Waals surface area contributed by atoms with Gasteiger partial charge in [-0.2, -0.15) is 0 Å². The van der Waals surface area contributed by atoms with Crippen LogP contribution >= 0.6 is 0 Å². The van der Waals surface area contributed by atoms with Crippen LogP contribution in [0, 0.1) is 18.8 Å². The predicted octanol–water partition coefficient (Wildman–Crippen LogP) is 2.03. The van der Waals surface area contributed by atoms with Crippen molar-refractivity contribution < 1.29 is 33.7 Å². The van der Waals surface area contributed by atoms with Gasteiger partial charge in [-0.1, -0.05) is 6.07 Å². The highest BCUT2D eigenvalue weighted by Crippen LogP contribution is 2.39. The molecule has 4 rings (SSSR count). The van der Waals surface area contributed by atoms with Gasteiger partial charge in [-0.3, -0.25) is 14.4 Å². The minimum Gasteiger partial charge on any atom is -0.487 e. The van der Waals surface area contributed by atoms with Crippen molar-refractivity contribution in [2.24, 2.45) is 11.8 Å². The number of aromatic nitrogens is 1. The summed E-state index contributed by atoms with van der Waals surface area (Å²) in [6.07, 6.45) is 0.166. The molecule has 1 saturated heterocycles. The van der Waals surface area contributed by atoms with E-state index in [1.807, 2.05) is 19.1 Å². The number of carbonyl (C=O) groups excluding carboxylic acids is 2. The number of amides is 2. The van der Waals surface area contributed by atoms with Crippen LogP contribution in [0.1, 0.15) is 18.4 Å². The summed E-state index contributed by atoms with van der Waals surface area (Å²) in [5.41, 5.74) is 2.44. The third-order valence-corrected chi connectivity index (χ3v) is 6.21. The van der Waals surface area contributed by atoms with Crippen LogP contribution in [-0.4, -0.2) is 69.9 Å². The maximum Gasteiger partial charge on any atom is 0.307 e. The van der Waals surface area contributed by atoms with Gasteiger partial charge < -0.3 is 25.2 Å². The number of hydrogen-bond donors (Lipinski definition) is 3. The lowest BCUT2D eigenvalue weighted by Crippen LogP contribution is -2.50. The number of pyridine rings is 1. The quantitative estimate of drug-likeness (QED) is 0.563. The van der Waals surface area contributed by atoms with Gasteiger partial charge in [-0.25, -0.2) is 9.37 Å². The number of carboxylic acid groups (broad SMARTS) is 1. The zero-order chi connectivity index (χ0) is 24.4. The van der Waals surface area contributed by atoms with Crippen LogP contribution in [0.4, 0.5) is 10.2 Å². The number of aliphatic hydroxyl groups is 1. The third-order valence-electron chi connectivity index (χ3n) is 6.21. The second-order valence-electron chi connectivity index (χ2n) is 8.65. The first-order valence-corrected chi connectivity index (χ1v) is 11.1. The molecule has 0 spiro atoms. The molecule has 2 aromatic rings. The summed E-state index contributed by atoms with van der Waals surface area (Å²) in [7, 11) is 0. The first-order chi connectivity index (χ1) is 16.3. The van der Waals surface area contributed by atoms with Crippen molar-refractivity contribution in [3.8, 4) is 16.9 Å². The molecule has 1 saturated carbocycles. The molecule has 1 aliphatic heterocycles. The molecule has 0 unspecified atom stereocenters. The molecule has 0 radical (unpaired) electrons. The van der Waals surface area contributed by atoms with E-state index in [-0.39, 0.29) is 12.5 Å². The number of benzene rings is 1. The highest BCUT2D eigenvalue weighted by Gasteiger charge is 2.48. The van der Waals surface area contributed by atoms with Gasteiger partial charge in [0.05, 0.1) is 18.4 Å². The molecule has 2 amide bonds. The first kappa shape index (κ1) is 23.6. The summed E-state index contributed by atoms with van der Waals surface area (Å²) in [5, 5.41) is 20.6. The zero-order valence-corrected chi connectivity index (χ0v) is 18.6. The number of hydrogen-bond acceptors (Lipinski definition) is 6. The molecular formula is C24H26FN3O6. The number of nitrogens with one attached hydrogen (secondary N) is 1. The second kappa shape index (κ2) is 9.76. The monoisotopic (exact) mass is 471 g/mol. The predicted molar refractivity (Wildman–Crippen MR) is 120 cm³/mol. The van der Waals surface area contributed by atoms with E-state index in [1.54, 1.807) is 24.4 Å². The smallest absolute Gasteiger partial charge is 0.307 e. The zero-order valence-electron chi connectivity index (χ0n) is 18.6. The number of rotatable bonds is 7. The summed E-state index contributed by atoms with van der Waals surface area (Å²) >= 11 is 0. The van der Waals surface area contributed by atoms with Crippen LogP contribution in [0.2, 0.25) is 0 Å². The highest BCUT2D eigenvalue weighted by molar-refractivity contribution is 5.98. The lowest BCUT2D eigenvalue weighted by atomic mass is 10.0. The normalized spacial score (nSPS) is 23.8. The topological polar surface area (TPSA) is 129 Å². The largest absolute Gasteiger partial charge is 0.487 e. The number of alkyl halides is 1. The van der Waals surface area contributed by atoms with Crippen LogP contribution in [0.3, 0.4) is 0 Å². The summed E-state index contributed by atoms with van der Waals surface area (Å²) in [4.78, 5) is 40.2. The molecule has 1 aromatic heterocycles. The fourth-order valence-corrected chi connectivity index (χ4v) is 4.12. The molecule has 2 aliphatic rings. The molecule has 2 heterocycles. The van der Waals surface area contributed by atoms with Crippen LogP contribution in [0.15, 0.2) is 36.5 Å². The lowest BCUT2D eigenvalue weighted by Gasteiger charge is -2.34. The average Bonchev–Trinajstić information content (AvgIpc) is 3.63. The maximum atomic E-state index is 14.6. The number of anilines is 1. The van der Waals surface area contributed by atoms with E-state index in [0.717, 1.165) is 16.7 Å². The molecule has 3 N–H and O–H groups in total. The van der Waals surface area contributed by atoms with Crippen molar-refractivity contribution in [1.29, 1.82) is 0 Å². The Kier molecular flexibility index (Phi) is 6.78. The fraction of sp³-hybridized carbons (Fsp3) is 0.417. The van der Waals surface area contributed by atoms with Gasteiger partial charge >= 0.3 is 5.97 Å². The maximum absolute atomic E-state index is 14.6. The number of aliphatic hydroxyl groups excluding tert-OH is 1. The Labute approximate surface area is 195 Å². The van der Waals surface area contributed by atoms with E-state index in [2.05, 4.69) is 10.3 Å². The summed E-state index contributed by atoms with van der Waals surface area (Å²) < 4.78 is 20.5.